The van der Waals surface area contributed by atoms with E-state index in [1.807, 2.05) is 0 Å². The molecule has 0 aliphatic heterocycles. The van der Waals surface area contributed by atoms with Crippen molar-refractivity contribution < 1.29 is 0 Å². The van der Waals surface area contributed by atoms with Crippen LogP contribution in [0.1, 0.15) is 32.1 Å². The largest absolute Gasteiger partial charge is 0.323 e. The molecule has 66 valence electrons. The van der Waals surface area contributed by atoms with Gasteiger partial charge in [0.1, 0.15) is 0 Å². The number of hydrogen-bond donors (Lipinski definition) is 1. The van der Waals surface area contributed by atoms with Gasteiger partial charge in [0.2, 0.25) is 7.55 Å². The van der Waals surface area contributed by atoms with Crippen molar-refractivity contribution in [2.75, 3.05) is 0 Å². The molecule has 1 nitrogen and oxygen atoms in total. The smallest absolute Gasteiger partial charge is 0.220 e. The first-order valence-electron chi connectivity index (χ1n) is 4.54. The fourth-order valence-electron chi connectivity index (χ4n) is 1.73. The molecule has 3 heteroatoms. The van der Waals surface area contributed by atoms with E-state index in [0.717, 1.165) is 6.04 Å². The second-order valence-electron chi connectivity index (χ2n) is 3.95. The molecule has 1 aliphatic rings. The molecule has 1 N–H and O–H groups in total. The highest BCUT2D eigenvalue weighted by molar-refractivity contribution is 7.17. The van der Waals surface area contributed by atoms with Gasteiger partial charge in [0.05, 0.1) is 0 Å². The molecule has 0 saturated heterocycles. The molecule has 0 heterocycles. The first-order chi connectivity index (χ1) is 5.08. The van der Waals surface area contributed by atoms with Gasteiger partial charge in [-0.15, -0.1) is 11.1 Å². The van der Waals surface area contributed by atoms with Crippen LogP contribution in [-0.4, -0.2) is 13.6 Å². The molecule has 0 amide bonds. The second-order valence-corrected chi connectivity index (χ2v) is 10.0. The highest BCUT2D eigenvalue weighted by Crippen LogP contribution is 2.19. The highest BCUT2D eigenvalue weighted by atomic mass is 35.6. The molecule has 0 bridgehead atoms. The standard InChI is InChI=1S/C8H18ClNSi/c1-11(2,9)10-8-6-4-3-5-7-8/h8,10H,3-7H2,1-2H3. The highest BCUT2D eigenvalue weighted by Gasteiger charge is 2.22. The summed E-state index contributed by atoms with van der Waals surface area (Å²) >= 11 is 6.19. The number of halogens is 1. The van der Waals surface area contributed by atoms with Crippen LogP contribution >= 0.6 is 11.1 Å². The van der Waals surface area contributed by atoms with E-state index in [2.05, 4.69) is 18.1 Å². The van der Waals surface area contributed by atoms with Crippen molar-refractivity contribution >= 4 is 18.6 Å². The molecule has 1 saturated carbocycles. The third-order valence-electron chi connectivity index (χ3n) is 2.15. The van der Waals surface area contributed by atoms with Crippen LogP contribution in [0.5, 0.6) is 0 Å². The average molecular weight is 192 g/mol. The molecule has 0 spiro atoms. The Bertz CT molecular complexity index is 116. The molecule has 0 radical (unpaired) electrons. The Balaban J connectivity index is 2.24. The van der Waals surface area contributed by atoms with E-state index in [4.69, 9.17) is 11.1 Å². The first-order valence-corrected chi connectivity index (χ1v) is 8.56. The molecule has 0 aromatic carbocycles. The summed E-state index contributed by atoms with van der Waals surface area (Å²) in [7, 11) is -1.52. The summed E-state index contributed by atoms with van der Waals surface area (Å²) in [6, 6.07) is 0.725. The van der Waals surface area contributed by atoms with Crippen LogP contribution < -0.4 is 4.98 Å². The van der Waals surface area contributed by atoms with Crippen molar-refractivity contribution in [3.8, 4) is 0 Å². The van der Waals surface area contributed by atoms with Crippen LogP contribution in [0, 0.1) is 0 Å². The predicted octanol–water partition coefficient (Wildman–Crippen LogP) is 2.85. The summed E-state index contributed by atoms with van der Waals surface area (Å²) in [4.78, 5) is 3.56. The van der Waals surface area contributed by atoms with E-state index in [1.165, 1.54) is 32.1 Å². The Kier molecular flexibility index (Phi) is 3.41. The van der Waals surface area contributed by atoms with Gasteiger partial charge in [0.25, 0.3) is 0 Å². The van der Waals surface area contributed by atoms with Gasteiger partial charge in [-0.05, 0) is 25.9 Å². The van der Waals surface area contributed by atoms with Crippen molar-refractivity contribution in [3.63, 3.8) is 0 Å². The molecule has 1 rings (SSSR count). The van der Waals surface area contributed by atoms with E-state index >= 15 is 0 Å². The Morgan fingerprint density at radius 2 is 1.73 bits per heavy atom. The van der Waals surface area contributed by atoms with Gasteiger partial charge in [-0.25, -0.2) is 0 Å². The Labute approximate surface area is 75.3 Å². The minimum Gasteiger partial charge on any atom is -0.323 e. The maximum absolute atomic E-state index is 6.19. The van der Waals surface area contributed by atoms with Gasteiger partial charge in [0.15, 0.2) is 0 Å². The van der Waals surface area contributed by atoms with Crippen molar-refractivity contribution in [3.05, 3.63) is 0 Å². The van der Waals surface area contributed by atoms with Crippen molar-refractivity contribution in [2.24, 2.45) is 0 Å². The van der Waals surface area contributed by atoms with Crippen LogP contribution in [0.2, 0.25) is 13.1 Å². The summed E-state index contributed by atoms with van der Waals surface area (Å²) in [5.41, 5.74) is 0. The molecule has 1 fully saturated rings. The third-order valence-corrected chi connectivity index (χ3v) is 3.57. The zero-order chi connectivity index (χ0) is 8.32. The van der Waals surface area contributed by atoms with E-state index in [1.54, 1.807) is 0 Å². The molecular formula is C8H18ClNSi. The zero-order valence-corrected chi connectivity index (χ0v) is 9.25. The van der Waals surface area contributed by atoms with Crippen molar-refractivity contribution in [1.29, 1.82) is 0 Å². The number of nitrogens with one attached hydrogen (secondary N) is 1. The minimum absolute atomic E-state index is 0.725. The predicted molar refractivity (Wildman–Crippen MR) is 53.3 cm³/mol. The van der Waals surface area contributed by atoms with Crippen LogP contribution in [-0.2, 0) is 0 Å². The SMILES string of the molecule is C[Si](C)(Cl)NC1CCCCC1. The summed E-state index contributed by atoms with van der Waals surface area (Å²) in [5.74, 6) is 0. The van der Waals surface area contributed by atoms with Crippen molar-refractivity contribution in [2.45, 2.75) is 51.2 Å². The van der Waals surface area contributed by atoms with E-state index in [9.17, 15) is 0 Å². The van der Waals surface area contributed by atoms with Gasteiger partial charge >= 0.3 is 0 Å². The van der Waals surface area contributed by atoms with Crippen LogP contribution in [0.4, 0.5) is 0 Å². The van der Waals surface area contributed by atoms with E-state index in [-0.39, 0.29) is 0 Å². The molecule has 0 aromatic rings. The lowest BCUT2D eigenvalue weighted by atomic mass is 9.96. The van der Waals surface area contributed by atoms with Gasteiger partial charge in [-0.2, -0.15) is 0 Å². The molecule has 0 unspecified atom stereocenters. The van der Waals surface area contributed by atoms with Crippen LogP contribution in [0.25, 0.3) is 0 Å². The minimum atomic E-state index is -1.52. The van der Waals surface area contributed by atoms with Crippen LogP contribution in [0.3, 0.4) is 0 Å². The number of hydrogen-bond acceptors (Lipinski definition) is 1. The average Bonchev–Trinajstić information content (AvgIpc) is 1.85. The first kappa shape index (κ1) is 9.55. The zero-order valence-electron chi connectivity index (χ0n) is 7.49. The summed E-state index contributed by atoms with van der Waals surface area (Å²) in [5, 5.41) is 0. The number of rotatable bonds is 2. The van der Waals surface area contributed by atoms with Gasteiger partial charge in [0, 0.05) is 6.04 Å². The topological polar surface area (TPSA) is 12.0 Å². The van der Waals surface area contributed by atoms with Gasteiger partial charge in [-0.1, -0.05) is 19.3 Å². The summed E-state index contributed by atoms with van der Waals surface area (Å²) in [6.07, 6.45) is 6.87. The molecule has 11 heavy (non-hydrogen) atoms. The normalized spacial score (nSPS) is 22.1. The Hall–Kier alpha value is 0.467. The summed E-state index contributed by atoms with van der Waals surface area (Å²) < 4.78 is 0. The quantitative estimate of drug-likeness (QED) is 0.523. The maximum Gasteiger partial charge on any atom is 0.220 e. The maximum atomic E-state index is 6.19. The monoisotopic (exact) mass is 191 g/mol. The lowest BCUT2D eigenvalue weighted by Crippen LogP contribution is -2.46. The van der Waals surface area contributed by atoms with E-state index in [0.29, 0.717) is 0 Å². The van der Waals surface area contributed by atoms with Crippen molar-refractivity contribution in [1.82, 2.24) is 4.98 Å². The molecule has 1 aliphatic carbocycles. The lowest BCUT2D eigenvalue weighted by molar-refractivity contribution is 0.416. The third kappa shape index (κ3) is 4.14. The molecular weight excluding hydrogens is 174 g/mol. The van der Waals surface area contributed by atoms with Gasteiger partial charge in [-0.3, -0.25) is 0 Å². The van der Waals surface area contributed by atoms with Crippen LogP contribution in [0.15, 0.2) is 0 Å². The fourth-order valence-corrected chi connectivity index (χ4v) is 3.45. The van der Waals surface area contributed by atoms with E-state index < -0.39 is 7.55 Å². The second kappa shape index (κ2) is 3.92. The molecule has 0 atom stereocenters. The fraction of sp³-hybridized carbons (Fsp3) is 1.00. The lowest BCUT2D eigenvalue weighted by Gasteiger charge is -2.28. The Morgan fingerprint density at radius 1 is 1.18 bits per heavy atom. The molecule has 0 aromatic heterocycles. The summed E-state index contributed by atoms with van der Waals surface area (Å²) in [6.45, 7) is 4.31. The van der Waals surface area contributed by atoms with Gasteiger partial charge < -0.3 is 4.98 Å². The Morgan fingerprint density at radius 3 is 2.18 bits per heavy atom.